The molecule has 3 heteroatoms. The van der Waals surface area contributed by atoms with Crippen molar-refractivity contribution in [3.05, 3.63) is 0 Å². The number of rotatable bonds is 9. The quantitative estimate of drug-likeness (QED) is 0.681. The lowest BCUT2D eigenvalue weighted by atomic mass is 10.2. The van der Waals surface area contributed by atoms with E-state index in [1.165, 1.54) is 51.9 Å². The van der Waals surface area contributed by atoms with Crippen LogP contribution in [0.3, 0.4) is 0 Å². The van der Waals surface area contributed by atoms with Gasteiger partial charge in [0, 0.05) is 31.7 Å². The van der Waals surface area contributed by atoms with Crippen LogP contribution in [0.25, 0.3) is 0 Å². The fraction of sp³-hybridized carbons (Fsp3) is 1.00. The van der Waals surface area contributed by atoms with E-state index in [0.29, 0.717) is 6.04 Å². The summed E-state index contributed by atoms with van der Waals surface area (Å²) < 4.78 is 0. The molecule has 0 radical (unpaired) electrons. The molecule has 1 N–H and O–H groups in total. The number of hydrogen-bond donors (Lipinski definition) is 1. The van der Waals surface area contributed by atoms with Gasteiger partial charge >= 0.3 is 0 Å². The maximum atomic E-state index is 3.61. The lowest BCUT2D eigenvalue weighted by molar-refractivity contribution is 0.198. The summed E-state index contributed by atoms with van der Waals surface area (Å²) in [5, 5.41) is 3.61. The number of likely N-dealkylation sites (N-methyl/N-ethyl adjacent to an activating group) is 2. The van der Waals surface area contributed by atoms with Gasteiger partial charge in [-0.05, 0) is 46.3 Å². The average molecular weight is 255 g/mol. The third kappa shape index (κ3) is 5.68. The van der Waals surface area contributed by atoms with Gasteiger partial charge in [-0.15, -0.1) is 0 Å². The number of nitrogens with one attached hydrogen (secondary N) is 1. The molecule has 2 unspecified atom stereocenters. The van der Waals surface area contributed by atoms with Crippen LogP contribution in [0.2, 0.25) is 0 Å². The zero-order valence-corrected chi connectivity index (χ0v) is 12.9. The van der Waals surface area contributed by atoms with E-state index < -0.39 is 0 Å². The third-order valence-electron chi connectivity index (χ3n) is 4.14. The fourth-order valence-corrected chi connectivity index (χ4v) is 3.01. The molecule has 0 spiro atoms. The van der Waals surface area contributed by atoms with E-state index in [1.807, 2.05) is 0 Å². The Hall–Kier alpha value is -0.120. The molecule has 1 heterocycles. The molecule has 1 fully saturated rings. The summed E-state index contributed by atoms with van der Waals surface area (Å²) in [6.45, 7) is 12.9. The van der Waals surface area contributed by atoms with Crippen molar-refractivity contribution < 1.29 is 0 Å². The van der Waals surface area contributed by atoms with E-state index >= 15 is 0 Å². The minimum atomic E-state index is 0.669. The molecule has 0 bridgehead atoms. The number of likely N-dealkylation sites (tertiary alicyclic amines) is 1. The van der Waals surface area contributed by atoms with Gasteiger partial charge in [0.1, 0.15) is 0 Å². The molecule has 0 aromatic carbocycles. The maximum absolute atomic E-state index is 3.61. The first kappa shape index (κ1) is 15.9. The minimum absolute atomic E-state index is 0.669. The summed E-state index contributed by atoms with van der Waals surface area (Å²) in [5.74, 6) is 0. The highest BCUT2D eigenvalue weighted by atomic mass is 15.2. The van der Waals surface area contributed by atoms with Gasteiger partial charge in [0.2, 0.25) is 0 Å². The van der Waals surface area contributed by atoms with Crippen molar-refractivity contribution in [2.75, 3.05) is 39.8 Å². The van der Waals surface area contributed by atoms with Crippen LogP contribution in [0.4, 0.5) is 0 Å². The SMILES string of the molecule is CCCC(C)NCCN(C)CC1CCCN1CC. The van der Waals surface area contributed by atoms with E-state index in [1.54, 1.807) is 0 Å². The Balaban J connectivity index is 2.11. The molecule has 1 aliphatic heterocycles. The number of nitrogens with zero attached hydrogens (tertiary/aromatic N) is 2. The first-order valence-electron chi connectivity index (χ1n) is 7.83. The monoisotopic (exact) mass is 255 g/mol. The molecule has 0 aliphatic carbocycles. The lowest BCUT2D eigenvalue weighted by Crippen LogP contribution is -2.41. The molecular weight excluding hydrogens is 222 g/mol. The summed E-state index contributed by atoms with van der Waals surface area (Å²) in [7, 11) is 2.26. The van der Waals surface area contributed by atoms with Crippen LogP contribution >= 0.6 is 0 Å². The molecule has 2 atom stereocenters. The predicted octanol–water partition coefficient (Wildman–Crippen LogP) is 2.18. The summed E-state index contributed by atoms with van der Waals surface area (Å²) in [5.41, 5.74) is 0. The number of hydrogen-bond acceptors (Lipinski definition) is 3. The van der Waals surface area contributed by atoms with Crippen molar-refractivity contribution in [1.29, 1.82) is 0 Å². The molecule has 3 nitrogen and oxygen atoms in total. The summed E-state index contributed by atoms with van der Waals surface area (Å²) in [6.07, 6.45) is 5.34. The van der Waals surface area contributed by atoms with Crippen LogP contribution in [0.15, 0.2) is 0 Å². The van der Waals surface area contributed by atoms with Gasteiger partial charge in [0.05, 0.1) is 0 Å². The summed E-state index contributed by atoms with van der Waals surface area (Å²) in [6, 6.07) is 1.47. The van der Waals surface area contributed by atoms with Gasteiger partial charge in [-0.3, -0.25) is 4.90 Å². The van der Waals surface area contributed by atoms with Gasteiger partial charge in [-0.25, -0.2) is 0 Å². The standard InChI is InChI=1S/C15H33N3/c1-5-8-14(3)16-10-12-17(4)13-15-9-7-11-18(15)6-2/h14-16H,5-13H2,1-4H3. The molecule has 0 saturated carbocycles. The van der Waals surface area contributed by atoms with Crippen LogP contribution in [0.5, 0.6) is 0 Å². The minimum Gasteiger partial charge on any atom is -0.313 e. The molecule has 1 saturated heterocycles. The zero-order valence-electron chi connectivity index (χ0n) is 12.9. The molecule has 1 aliphatic rings. The van der Waals surface area contributed by atoms with Crippen molar-refractivity contribution >= 4 is 0 Å². The van der Waals surface area contributed by atoms with Crippen molar-refractivity contribution in [3.8, 4) is 0 Å². The van der Waals surface area contributed by atoms with Crippen LogP contribution in [-0.4, -0.2) is 61.7 Å². The maximum Gasteiger partial charge on any atom is 0.0223 e. The second-order valence-electron chi connectivity index (χ2n) is 5.83. The van der Waals surface area contributed by atoms with E-state index in [0.717, 1.165) is 12.6 Å². The van der Waals surface area contributed by atoms with Gasteiger partial charge in [0.25, 0.3) is 0 Å². The first-order chi connectivity index (χ1) is 8.67. The normalized spacial score (nSPS) is 22.8. The van der Waals surface area contributed by atoms with Crippen molar-refractivity contribution in [1.82, 2.24) is 15.1 Å². The largest absolute Gasteiger partial charge is 0.313 e. The molecular formula is C15H33N3. The van der Waals surface area contributed by atoms with Crippen molar-refractivity contribution in [2.24, 2.45) is 0 Å². The second kappa shape index (κ2) is 8.89. The highest BCUT2D eigenvalue weighted by molar-refractivity contribution is 4.80. The Morgan fingerprint density at radius 3 is 2.83 bits per heavy atom. The first-order valence-corrected chi connectivity index (χ1v) is 7.83. The molecule has 1 rings (SSSR count). The van der Waals surface area contributed by atoms with E-state index in [4.69, 9.17) is 0 Å². The van der Waals surface area contributed by atoms with E-state index in [9.17, 15) is 0 Å². The summed E-state index contributed by atoms with van der Waals surface area (Å²) in [4.78, 5) is 5.12. The fourth-order valence-electron chi connectivity index (χ4n) is 3.01. The topological polar surface area (TPSA) is 18.5 Å². The lowest BCUT2D eigenvalue weighted by Gasteiger charge is -2.28. The van der Waals surface area contributed by atoms with Crippen molar-refractivity contribution in [3.63, 3.8) is 0 Å². The van der Waals surface area contributed by atoms with Crippen LogP contribution < -0.4 is 5.32 Å². The van der Waals surface area contributed by atoms with Gasteiger partial charge < -0.3 is 10.2 Å². The van der Waals surface area contributed by atoms with Crippen LogP contribution in [0, 0.1) is 0 Å². The molecule has 0 amide bonds. The summed E-state index contributed by atoms with van der Waals surface area (Å²) >= 11 is 0. The zero-order chi connectivity index (χ0) is 13.4. The molecule has 0 aromatic heterocycles. The van der Waals surface area contributed by atoms with Crippen molar-refractivity contribution in [2.45, 2.75) is 58.5 Å². The van der Waals surface area contributed by atoms with Gasteiger partial charge in [0.15, 0.2) is 0 Å². The Labute approximate surface area is 114 Å². The Kier molecular flexibility index (Phi) is 7.87. The van der Waals surface area contributed by atoms with E-state index in [-0.39, 0.29) is 0 Å². The molecule has 0 aromatic rings. The highest BCUT2D eigenvalue weighted by Crippen LogP contribution is 2.16. The highest BCUT2D eigenvalue weighted by Gasteiger charge is 2.23. The molecule has 108 valence electrons. The molecule has 18 heavy (non-hydrogen) atoms. The van der Waals surface area contributed by atoms with Gasteiger partial charge in [-0.1, -0.05) is 20.3 Å². The van der Waals surface area contributed by atoms with Crippen LogP contribution in [-0.2, 0) is 0 Å². The third-order valence-corrected chi connectivity index (χ3v) is 4.14. The van der Waals surface area contributed by atoms with E-state index in [2.05, 4.69) is 42.9 Å². The van der Waals surface area contributed by atoms with Gasteiger partial charge in [-0.2, -0.15) is 0 Å². The second-order valence-corrected chi connectivity index (χ2v) is 5.83. The Morgan fingerprint density at radius 1 is 1.39 bits per heavy atom. The smallest absolute Gasteiger partial charge is 0.0223 e. The Morgan fingerprint density at radius 2 is 2.17 bits per heavy atom. The Bertz CT molecular complexity index is 208. The predicted molar refractivity (Wildman–Crippen MR) is 80.1 cm³/mol. The average Bonchev–Trinajstić information content (AvgIpc) is 2.76. The van der Waals surface area contributed by atoms with Crippen LogP contribution in [0.1, 0.15) is 46.5 Å².